The van der Waals surface area contributed by atoms with Crippen LogP contribution in [0, 0.1) is 11.3 Å². The van der Waals surface area contributed by atoms with E-state index in [9.17, 15) is 5.26 Å². The Labute approximate surface area is 210 Å². The number of hydrogen-bond donors (Lipinski definition) is 1. The van der Waals surface area contributed by atoms with Crippen LogP contribution in [-0.2, 0) is 4.74 Å². The Morgan fingerprint density at radius 1 is 1.06 bits per heavy atom. The maximum atomic E-state index is 9.80. The van der Waals surface area contributed by atoms with Gasteiger partial charge in [0.05, 0.1) is 36.5 Å². The quantitative estimate of drug-likeness (QED) is 0.664. The largest absolute Gasteiger partial charge is 0.489 e. The number of piperidine rings is 1. The molecule has 0 aliphatic carbocycles. The third kappa shape index (κ3) is 4.52. The lowest BCUT2D eigenvalue weighted by Crippen LogP contribution is -2.36. The zero-order chi connectivity index (χ0) is 24.3. The minimum atomic E-state index is 0.127. The zero-order valence-corrected chi connectivity index (χ0v) is 20.0. The SMILES string of the molecule is N#Cc1cc(C2=N[C+]=NC3=C2N=C(c2ccc(N4CCOCC4)cc2)C3)ccc1OC1CCNCC1. The number of nitriles is 1. The summed E-state index contributed by atoms with van der Waals surface area (Å²) in [6.45, 7) is 5.22. The molecule has 36 heavy (non-hydrogen) atoms. The van der Waals surface area contributed by atoms with Gasteiger partial charge in [-0.05, 0) is 71.8 Å². The summed E-state index contributed by atoms with van der Waals surface area (Å²) in [5.74, 6) is 0.618. The maximum absolute atomic E-state index is 9.80. The second-order valence-electron chi connectivity index (χ2n) is 9.24. The van der Waals surface area contributed by atoms with Crippen molar-refractivity contribution < 1.29 is 9.47 Å². The molecule has 4 heterocycles. The molecule has 0 aromatic heterocycles. The van der Waals surface area contributed by atoms with E-state index in [0.717, 1.165) is 80.5 Å². The van der Waals surface area contributed by atoms with Gasteiger partial charge in [0.25, 0.3) is 6.34 Å². The highest BCUT2D eigenvalue weighted by atomic mass is 16.5. The van der Waals surface area contributed by atoms with Crippen molar-refractivity contribution in [3.8, 4) is 11.8 Å². The fourth-order valence-corrected chi connectivity index (χ4v) is 4.97. The van der Waals surface area contributed by atoms with E-state index in [1.165, 1.54) is 5.69 Å². The van der Waals surface area contributed by atoms with Crippen molar-refractivity contribution in [3.63, 3.8) is 0 Å². The third-order valence-corrected chi connectivity index (χ3v) is 6.96. The summed E-state index contributed by atoms with van der Waals surface area (Å²) in [6.07, 6.45) is 5.41. The second kappa shape index (κ2) is 10.00. The summed E-state index contributed by atoms with van der Waals surface area (Å²) in [7, 11) is 0. The lowest BCUT2D eigenvalue weighted by Gasteiger charge is -2.28. The van der Waals surface area contributed by atoms with Gasteiger partial charge in [-0.25, -0.2) is 4.99 Å². The Hall–Kier alpha value is -3.89. The van der Waals surface area contributed by atoms with E-state index in [1.807, 2.05) is 18.2 Å². The Morgan fingerprint density at radius 3 is 2.61 bits per heavy atom. The number of rotatable bonds is 5. The number of nitrogens with zero attached hydrogens (tertiary/aromatic N) is 5. The molecule has 4 aliphatic rings. The lowest BCUT2D eigenvalue weighted by molar-refractivity contribution is 0.122. The number of hydrogen-bond acceptors (Lipinski definition) is 8. The highest BCUT2D eigenvalue weighted by molar-refractivity contribution is 6.20. The van der Waals surface area contributed by atoms with Crippen LogP contribution < -0.4 is 15.0 Å². The molecule has 0 radical (unpaired) electrons. The number of benzene rings is 2. The molecule has 2 aromatic rings. The van der Waals surface area contributed by atoms with Crippen LogP contribution in [0.3, 0.4) is 0 Å². The summed E-state index contributed by atoms with van der Waals surface area (Å²) in [5.41, 5.74) is 6.82. The number of ether oxygens (including phenoxy) is 2. The summed E-state index contributed by atoms with van der Waals surface area (Å²) in [5, 5.41) is 13.1. The van der Waals surface area contributed by atoms with Crippen molar-refractivity contribution in [2.75, 3.05) is 44.3 Å². The summed E-state index contributed by atoms with van der Waals surface area (Å²) < 4.78 is 11.6. The van der Waals surface area contributed by atoms with Gasteiger partial charge < -0.3 is 19.7 Å². The van der Waals surface area contributed by atoms with E-state index in [0.29, 0.717) is 23.4 Å². The molecule has 2 aromatic carbocycles. The van der Waals surface area contributed by atoms with Crippen molar-refractivity contribution in [1.29, 1.82) is 5.26 Å². The molecule has 6 rings (SSSR count). The number of anilines is 1. The van der Waals surface area contributed by atoms with E-state index in [4.69, 9.17) is 14.5 Å². The third-order valence-electron chi connectivity index (χ3n) is 6.96. The minimum absolute atomic E-state index is 0.127. The van der Waals surface area contributed by atoms with Gasteiger partial charge >= 0.3 is 0 Å². The molecule has 0 spiro atoms. The van der Waals surface area contributed by atoms with Gasteiger partial charge in [0.2, 0.25) is 11.4 Å². The van der Waals surface area contributed by atoms with Crippen molar-refractivity contribution >= 4 is 23.4 Å². The molecule has 2 fully saturated rings. The topological polar surface area (TPSA) is 94.6 Å². The molecule has 4 aliphatic heterocycles. The Kier molecular flexibility index (Phi) is 6.27. The van der Waals surface area contributed by atoms with E-state index in [1.54, 1.807) is 0 Å². The smallest absolute Gasteiger partial charge is 0.279 e. The van der Waals surface area contributed by atoms with E-state index in [-0.39, 0.29) is 6.10 Å². The fraction of sp³-hybridized carbons (Fsp3) is 0.357. The highest BCUT2D eigenvalue weighted by Gasteiger charge is 2.34. The first-order valence-electron chi connectivity index (χ1n) is 12.5. The summed E-state index contributed by atoms with van der Waals surface area (Å²) in [4.78, 5) is 16.1. The first-order chi connectivity index (χ1) is 17.8. The average Bonchev–Trinajstić information content (AvgIpc) is 3.39. The first-order valence-corrected chi connectivity index (χ1v) is 12.5. The van der Waals surface area contributed by atoms with Crippen molar-refractivity contribution in [1.82, 2.24) is 5.32 Å². The number of allylic oxidation sites excluding steroid dienone is 2. The normalized spacial score (nSPS) is 19.8. The van der Waals surface area contributed by atoms with Gasteiger partial charge in [-0.3, -0.25) is 0 Å². The van der Waals surface area contributed by atoms with Crippen molar-refractivity contribution in [3.05, 3.63) is 70.5 Å². The van der Waals surface area contributed by atoms with E-state index < -0.39 is 0 Å². The van der Waals surface area contributed by atoms with Crippen molar-refractivity contribution in [2.45, 2.75) is 25.4 Å². The lowest BCUT2D eigenvalue weighted by atomic mass is 10.0. The van der Waals surface area contributed by atoms with E-state index >= 15 is 0 Å². The van der Waals surface area contributed by atoms with Crippen LogP contribution >= 0.6 is 0 Å². The molecular formula is C28H27N6O2+. The molecule has 180 valence electrons. The van der Waals surface area contributed by atoms with Gasteiger partial charge in [0.15, 0.2) is 5.70 Å². The van der Waals surface area contributed by atoms with Gasteiger partial charge in [-0.2, -0.15) is 5.26 Å². The molecule has 0 atom stereocenters. The number of aliphatic imine (C=N–C) groups is 3. The summed E-state index contributed by atoms with van der Waals surface area (Å²) >= 11 is 0. The van der Waals surface area contributed by atoms with Crippen LogP contribution in [0.1, 0.15) is 36.0 Å². The van der Waals surface area contributed by atoms with Crippen LogP contribution in [0.15, 0.2) is 68.8 Å². The van der Waals surface area contributed by atoms with Gasteiger partial charge in [-0.15, -0.1) is 0 Å². The Morgan fingerprint density at radius 2 is 1.83 bits per heavy atom. The zero-order valence-electron chi connectivity index (χ0n) is 20.0. The number of morpholine rings is 1. The monoisotopic (exact) mass is 479 g/mol. The van der Waals surface area contributed by atoms with Gasteiger partial charge in [0, 0.05) is 18.8 Å². The van der Waals surface area contributed by atoms with Crippen LogP contribution in [0.4, 0.5) is 5.69 Å². The van der Waals surface area contributed by atoms with Gasteiger partial charge in [0.1, 0.15) is 17.9 Å². The molecule has 2 saturated heterocycles. The predicted octanol–water partition coefficient (Wildman–Crippen LogP) is 3.34. The first kappa shape index (κ1) is 22.6. The average molecular weight is 480 g/mol. The van der Waals surface area contributed by atoms with Crippen LogP contribution in [0.25, 0.3) is 0 Å². The molecule has 1 N–H and O–H groups in total. The van der Waals surface area contributed by atoms with Crippen LogP contribution in [0.5, 0.6) is 5.75 Å². The molecular weight excluding hydrogens is 452 g/mol. The Balaban J connectivity index is 1.22. The van der Waals surface area contributed by atoms with Crippen LogP contribution in [0.2, 0.25) is 0 Å². The van der Waals surface area contributed by atoms with Crippen molar-refractivity contribution in [2.24, 2.45) is 15.0 Å². The predicted molar refractivity (Wildman–Crippen MR) is 139 cm³/mol. The molecule has 0 amide bonds. The highest BCUT2D eigenvalue weighted by Crippen LogP contribution is 2.32. The number of nitrogens with one attached hydrogen (secondary N) is 1. The van der Waals surface area contributed by atoms with Gasteiger partial charge in [-0.1, -0.05) is 12.1 Å². The Bertz CT molecular complexity index is 1310. The maximum Gasteiger partial charge on any atom is 0.279 e. The molecule has 0 bridgehead atoms. The molecule has 0 saturated carbocycles. The fourth-order valence-electron chi connectivity index (χ4n) is 4.97. The molecule has 8 heteroatoms. The summed E-state index contributed by atoms with van der Waals surface area (Å²) in [6, 6.07) is 16.5. The standard InChI is InChI=1S/C28H27N6O2/c29-17-21-15-20(3-6-26(21)36-23-7-9-30-10-8-23)27-28-25(31-18-32-27)16-24(33-28)19-1-4-22(5-2-19)34-11-13-35-14-12-34/h1-6,15,23,30H,7-14,16H2/q+1. The second-order valence-corrected chi connectivity index (χ2v) is 9.24. The minimum Gasteiger partial charge on any atom is -0.489 e. The molecule has 0 unspecified atom stereocenters. The molecule has 8 nitrogen and oxygen atoms in total. The van der Waals surface area contributed by atoms with E-state index in [2.05, 4.69) is 56.9 Å². The van der Waals surface area contributed by atoms with Crippen LogP contribution in [-0.4, -0.2) is 63.3 Å².